The highest BCUT2D eigenvalue weighted by molar-refractivity contribution is 5.98. The summed E-state index contributed by atoms with van der Waals surface area (Å²) in [7, 11) is 3.32. The Labute approximate surface area is 194 Å². The molecule has 3 aliphatic rings. The first kappa shape index (κ1) is 21.9. The molecule has 1 amide bonds. The summed E-state index contributed by atoms with van der Waals surface area (Å²) in [5.74, 6) is 2.60. The number of carbonyl (C=O) groups is 1. The number of hydrazine groups is 1. The first-order valence-electron chi connectivity index (χ1n) is 11.6. The van der Waals surface area contributed by atoms with E-state index in [0.717, 1.165) is 57.0 Å². The lowest BCUT2D eigenvalue weighted by Crippen LogP contribution is -2.52. The number of hydrogen-bond donors (Lipinski definition) is 2. The van der Waals surface area contributed by atoms with Crippen molar-refractivity contribution in [2.45, 2.75) is 18.4 Å². The van der Waals surface area contributed by atoms with Gasteiger partial charge >= 0.3 is 0 Å². The van der Waals surface area contributed by atoms with Gasteiger partial charge in [0.05, 0.1) is 20.3 Å². The van der Waals surface area contributed by atoms with E-state index >= 15 is 0 Å². The number of amides is 1. The minimum Gasteiger partial charge on any atom is -0.497 e. The van der Waals surface area contributed by atoms with E-state index < -0.39 is 0 Å². The van der Waals surface area contributed by atoms with Gasteiger partial charge in [-0.15, -0.1) is 0 Å². The van der Waals surface area contributed by atoms with Crippen LogP contribution in [0.2, 0.25) is 0 Å². The minimum absolute atomic E-state index is 0.0845. The van der Waals surface area contributed by atoms with Crippen LogP contribution in [0.4, 0.5) is 11.5 Å². The Morgan fingerprint density at radius 1 is 0.909 bits per heavy atom. The second-order valence-corrected chi connectivity index (χ2v) is 8.74. The lowest BCUT2D eigenvalue weighted by atomic mass is 10.0. The van der Waals surface area contributed by atoms with Gasteiger partial charge in [0.2, 0.25) is 11.8 Å². The number of hydrogen-bond acceptors (Lipinski definition) is 8. The van der Waals surface area contributed by atoms with Crippen LogP contribution in [0.3, 0.4) is 0 Å². The zero-order valence-corrected chi connectivity index (χ0v) is 19.3. The molecule has 176 valence electrons. The van der Waals surface area contributed by atoms with Gasteiger partial charge < -0.3 is 14.4 Å². The summed E-state index contributed by atoms with van der Waals surface area (Å²) in [6, 6.07) is 12.1. The second-order valence-electron chi connectivity index (χ2n) is 8.74. The molecular weight excluding hydrogens is 420 g/mol. The molecule has 9 nitrogen and oxygen atoms in total. The van der Waals surface area contributed by atoms with Crippen LogP contribution >= 0.6 is 0 Å². The first-order valence-corrected chi connectivity index (χ1v) is 11.6. The van der Waals surface area contributed by atoms with Crippen molar-refractivity contribution >= 4 is 17.4 Å². The molecule has 0 saturated carbocycles. The number of aromatic nitrogens is 1. The predicted octanol–water partition coefficient (Wildman–Crippen LogP) is 1.22. The van der Waals surface area contributed by atoms with Crippen LogP contribution in [0, 0.1) is 0 Å². The Balaban J connectivity index is 1.22. The van der Waals surface area contributed by atoms with Gasteiger partial charge in [-0.1, -0.05) is 0 Å². The van der Waals surface area contributed by atoms with Gasteiger partial charge in [-0.3, -0.25) is 25.4 Å². The molecule has 3 fully saturated rings. The molecule has 33 heavy (non-hydrogen) atoms. The highest BCUT2D eigenvalue weighted by Gasteiger charge is 2.38. The lowest BCUT2D eigenvalue weighted by Gasteiger charge is -2.38. The van der Waals surface area contributed by atoms with Gasteiger partial charge in [0.15, 0.2) is 0 Å². The van der Waals surface area contributed by atoms with Gasteiger partial charge in [0.1, 0.15) is 11.6 Å². The highest BCUT2D eigenvalue weighted by Crippen LogP contribution is 2.31. The molecule has 2 aromatic rings. The Morgan fingerprint density at radius 3 is 2.30 bits per heavy atom. The number of rotatable bonds is 6. The maximum absolute atomic E-state index is 13.3. The summed E-state index contributed by atoms with van der Waals surface area (Å²) >= 11 is 0. The number of carbonyl (C=O) groups excluding carboxylic acids is 1. The first-order chi connectivity index (χ1) is 16.2. The Hall–Kier alpha value is -2.88. The van der Waals surface area contributed by atoms with E-state index in [4.69, 9.17) is 14.5 Å². The average Bonchev–Trinajstić information content (AvgIpc) is 3.54. The van der Waals surface area contributed by atoms with Gasteiger partial charge in [-0.05, 0) is 42.8 Å². The molecule has 0 bridgehead atoms. The molecule has 9 heteroatoms. The Morgan fingerprint density at radius 2 is 1.64 bits per heavy atom. The molecular formula is C24H32N6O3. The van der Waals surface area contributed by atoms with Crippen molar-refractivity contribution in [3.63, 3.8) is 0 Å². The number of ether oxygens (including phenoxy) is 2. The van der Waals surface area contributed by atoms with Crippen molar-refractivity contribution in [3.8, 4) is 11.6 Å². The van der Waals surface area contributed by atoms with Gasteiger partial charge in [0, 0.05) is 63.0 Å². The van der Waals surface area contributed by atoms with Crippen molar-refractivity contribution in [2.24, 2.45) is 0 Å². The topological polar surface area (TPSA) is 82.2 Å². The number of piperazine rings is 1. The molecule has 2 N–H and O–H groups in total. The van der Waals surface area contributed by atoms with E-state index in [-0.39, 0.29) is 11.9 Å². The zero-order valence-electron chi connectivity index (χ0n) is 19.3. The number of nitrogens with one attached hydrogen (secondary N) is 2. The fraction of sp³-hybridized carbons (Fsp3) is 0.500. The quantitative estimate of drug-likeness (QED) is 0.677. The number of anilines is 2. The third-order valence-corrected chi connectivity index (χ3v) is 6.98. The predicted molar refractivity (Wildman–Crippen MR) is 127 cm³/mol. The maximum Gasteiger partial charge on any atom is 0.245 e. The van der Waals surface area contributed by atoms with Crippen LogP contribution < -0.4 is 30.1 Å². The summed E-state index contributed by atoms with van der Waals surface area (Å²) in [6.45, 7) is 5.90. The Kier molecular flexibility index (Phi) is 6.34. The minimum atomic E-state index is -0.0845. The van der Waals surface area contributed by atoms with Gasteiger partial charge in [-0.25, -0.2) is 0 Å². The standard InChI is InChI=1S/C24H32N6O3/c1-32-19-5-3-18(4-6-19)28-11-13-29(14-12-28)21-9-10-30(24(21)31)22-8-7-20(23(27-22)33-2)17-15-25-26-16-17/h3-8,17,21,25-26H,9-16H2,1-2H3. The largest absolute Gasteiger partial charge is 0.497 e. The second kappa shape index (κ2) is 9.54. The molecule has 0 aliphatic carbocycles. The third kappa shape index (κ3) is 4.36. The molecule has 1 atom stereocenters. The van der Waals surface area contributed by atoms with Crippen LogP contribution in [0.15, 0.2) is 36.4 Å². The average molecular weight is 453 g/mol. The molecule has 1 unspecified atom stereocenters. The van der Waals surface area contributed by atoms with E-state index in [9.17, 15) is 4.79 Å². The number of nitrogens with zero attached hydrogens (tertiary/aromatic N) is 4. The van der Waals surface area contributed by atoms with Crippen LogP contribution in [0.25, 0.3) is 0 Å². The summed E-state index contributed by atoms with van der Waals surface area (Å²) < 4.78 is 10.8. The molecule has 1 aromatic heterocycles. The zero-order chi connectivity index (χ0) is 22.8. The molecule has 3 aliphatic heterocycles. The van der Waals surface area contributed by atoms with Gasteiger partial charge in [0.25, 0.3) is 0 Å². The van der Waals surface area contributed by atoms with Gasteiger partial charge in [-0.2, -0.15) is 4.98 Å². The van der Waals surface area contributed by atoms with E-state index in [0.29, 0.717) is 24.2 Å². The van der Waals surface area contributed by atoms with E-state index in [2.05, 4.69) is 38.9 Å². The van der Waals surface area contributed by atoms with Crippen LogP contribution in [0.1, 0.15) is 17.9 Å². The number of pyridine rings is 1. The van der Waals surface area contributed by atoms with E-state index in [1.54, 1.807) is 14.2 Å². The molecule has 5 rings (SSSR count). The summed E-state index contributed by atoms with van der Waals surface area (Å²) in [5, 5.41) is 0. The molecule has 0 spiro atoms. The molecule has 1 aromatic carbocycles. The summed E-state index contributed by atoms with van der Waals surface area (Å²) in [5.41, 5.74) is 8.55. The molecule has 4 heterocycles. The monoisotopic (exact) mass is 452 g/mol. The summed E-state index contributed by atoms with van der Waals surface area (Å²) in [4.78, 5) is 24.5. The van der Waals surface area contributed by atoms with Crippen LogP contribution in [-0.4, -0.2) is 81.9 Å². The van der Waals surface area contributed by atoms with Crippen molar-refractivity contribution in [1.29, 1.82) is 0 Å². The lowest BCUT2D eigenvalue weighted by molar-refractivity contribution is -0.121. The summed E-state index contributed by atoms with van der Waals surface area (Å²) in [6.07, 6.45) is 0.823. The van der Waals surface area contributed by atoms with E-state index in [1.165, 1.54) is 5.69 Å². The maximum atomic E-state index is 13.3. The van der Waals surface area contributed by atoms with E-state index in [1.807, 2.05) is 23.1 Å². The van der Waals surface area contributed by atoms with Crippen LogP contribution in [-0.2, 0) is 4.79 Å². The van der Waals surface area contributed by atoms with Crippen molar-refractivity contribution in [2.75, 3.05) is 69.8 Å². The molecule has 3 saturated heterocycles. The third-order valence-electron chi connectivity index (χ3n) is 6.98. The Bertz CT molecular complexity index is 971. The normalized spacial score (nSPS) is 22.2. The number of benzene rings is 1. The fourth-order valence-electron chi connectivity index (χ4n) is 5.06. The number of methoxy groups -OCH3 is 2. The van der Waals surface area contributed by atoms with Crippen molar-refractivity contribution in [3.05, 3.63) is 42.0 Å². The molecule has 0 radical (unpaired) electrons. The SMILES string of the molecule is COc1ccc(N2CCN(C3CCN(c4ccc(C5CNNC5)c(OC)n4)C3=O)CC2)cc1. The van der Waals surface area contributed by atoms with Crippen molar-refractivity contribution < 1.29 is 14.3 Å². The van der Waals surface area contributed by atoms with Crippen LogP contribution in [0.5, 0.6) is 11.6 Å². The fourth-order valence-corrected chi connectivity index (χ4v) is 5.06. The highest BCUT2D eigenvalue weighted by atomic mass is 16.5. The van der Waals surface area contributed by atoms with Crippen molar-refractivity contribution in [1.82, 2.24) is 20.7 Å². The smallest absolute Gasteiger partial charge is 0.245 e.